The minimum absolute atomic E-state index is 0.0397. The van der Waals surface area contributed by atoms with Gasteiger partial charge in [0.2, 0.25) is 10.0 Å². The lowest BCUT2D eigenvalue weighted by molar-refractivity contribution is -0.153. The molecule has 6 nitrogen and oxygen atoms in total. The van der Waals surface area contributed by atoms with E-state index in [9.17, 15) is 13.2 Å². The van der Waals surface area contributed by atoms with Crippen molar-refractivity contribution in [3.63, 3.8) is 0 Å². The normalized spacial score (nSPS) is 13.8. The fourth-order valence-corrected chi connectivity index (χ4v) is 2.26. The Morgan fingerprint density at radius 1 is 1.38 bits per heavy atom. The van der Waals surface area contributed by atoms with Gasteiger partial charge in [-0.1, -0.05) is 12.1 Å². The topological polar surface area (TPSA) is 98.5 Å². The van der Waals surface area contributed by atoms with Gasteiger partial charge in [-0.3, -0.25) is 4.79 Å². The Balaban J connectivity index is 2.69. The summed E-state index contributed by atoms with van der Waals surface area (Å²) in [5.74, 6) is -0.364. The van der Waals surface area contributed by atoms with E-state index in [0.29, 0.717) is 0 Å². The number of ether oxygens (including phenoxy) is 1. The van der Waals surface area contributed by atoms with Crippen molar-refractivity contribution in [2.45, 2.75) is 44.2 Å². The average Bonchev–Trinajstić information content (AvgIpc) is 2.33. The summed E-state index contributed by atoms with van der Waals surface area (Å²) < 4.78 is 27.8. The van der Waals surface area contributed by atoms with E-state index < -0.39 is 15.6 Å². The van der Waals surface area contributed by atoms with E-state index in [-0.39, 0.29) is 23.5 Å². The second-order valence-electron chi connectivity index (χ2n) is 5.81. The molecule has 0 aliphatic carbocycles. The lowest BCUT2D eigenvalue weighted by Crippen LogP contribution is -2.32. The molecule has 0 heterocycles. The van der Waals surface area contributed by atoms with E-state index in [1.807, 2.05) is 6.92 Å². The summed E-state index contributed by atoms with van der Waals surface area (Å²) in [6.07, 6.45) is 0. The van der Waals surface area contributed by atoms with E-state index in [4.69, 9.17) is 9.88 Å². The van der Waals surface area contributed by atoms with Gasteiger partial charge >= 0.3 is 5.97 Å². The fraction of sp³-hybridized carbons (Fsp3) is 0.500. The zero-order valence-electron chi connectivity index (χ0n) is 12.7. The number of nitrogens with two attached hydrogens (primary N) is 1. The van der Waals surface area contributed by atoms with Crippen LogP contribution in [0.4, 0.5) is 0 Å². The molecule has 3 N–H and O–H groups in total. The highest BCUT2D eigenvalue weighted by Gasteiger charge is 2.17. The van der Waals surface area contributed by atoms with Crippen LogP contribution in [0.3, 0.4) is 0 Å². The van der Waals surface area contributed by atoms with Crippen molar-refractivity contribution in [1.82, 2.24) is 5.32 Å². The van der Waals surface area contributed by atoms with Gasteiger partial charge < -0.3 is 10.1 Å². The molecule has 0 fully saturated rings. The van der Waals surface area contributed by atoms with Crippen LogP contribution in [0.25, 0.3) is 0 Å². The molecule has 0 spiro atoms. The number of nitrogens with one attached hydrogen (secondary N) is 1. The minimum atomic E-state index is -3.73. The molecule has 0 aliphatic rings. The Labute approximate surface area is 125 Å². The maximum absolute atomic E-state index is 11.6. The van der Waals surface area contributed by atoms with Crippen LogP contribution in [0.15, 0.2) is 29.2 Å². The fourth-order valence-electron chi connectivity index (χ4n) is 1.69. The Morgan fingerprint density at radius 3 is 2.52 bits per heavy atom. The van der Waals surface area contributed by atoms with Gasteiger partial charge in [0, 0.05) is 6.04 Å². The number of carbonyl (C=O) groups is 1. The molecule has 0 bridgehead atoms. The summed E-state index contributed by atoms with van der Waals surface area (Å²) in [6.45, 7) is 7.25. The van der Waals surface area contributed by atoms with E-state index in [1.54, 1.807) is 32.9 Å². The number of hydrogen-bond donors (Lipinski definition) is 2. The van der Waals surface area contributed by atoms with Crippen LogP contribution in [0.2, 0.25) is 0 Å². The number of sulfonamides is 1. The SMILES string of the molecule is CC(NCC(=O)OC(C)(C)C)c1cccc(S(N)(=O)=O)c1. The maximum atomic E-state index is 11.6. The molecule has 1 atom stereocenters. The summed E-state index contributed by atoms with van der Waals surface area (Å²) in [5.41, 5.74) is 0.195. The van der Waals surface area contributed by atoms with E-state index in [2.05, 4.69) is 5.32 Å². The van der Waals surface area contributed by atoms with Gasteiger partial charge in [0.05, 0.1) is 11.4 Å². The summed E-state index contributed by atoms with van der Waals surface area (Å²) >= 11 is 0. The third-order valence-electron chi connectivity index (χ3n) is 2.66. The predicted molar refractivity (Wildman–Crippen MR) is 80.1 cm³/mol. The molecule has 7 heteroatoms. The molecule has 0 aliphatic heterocycles. The number of primary sulfonamides is 1. The molecule has 0 amide bonds. The van der Waals surface area contributed by atoms with Gasteiger partial charge in [-0.05, 0) is 45.4 Å². The molecule has 21 heavy (non-hydrogen) atoms. The lowest BCUT2D eigenvalue weighted by Gasteiger charge is -2.21. The minimum Gasteiger partial charge on any atom is -0.459 e. The first-order valence-electron chi connectivity index (χ1n) is 6.57. The van der Waals surface area contributed by atoms with Crippen molar-refractivity contribution in [3.05, 3.63) is 29.8 Å². The lowest BCUT2D eigenvalue weighted by atomic mass is 10.1. The van der Waals surface area contributed by atoms with Gasteiger partial charge in [-0.25, -0.2) is 13.6 Å². The smallest absolute Gasteiger partial charge is 0.320 e. The van der Waals surface area contributed by atoms with Crippen molar-refractivity contribution in [3.8, 4) is 0 Å². The molecule has 0 saturated heterocycles. The van der Waals surface area contributed by atoms with Crippen LogP contribution in [0.1, 0.15) is 39.3 Å². The highest BCUT2D eigenvalue weighted by atomic mass is 32.2. The molecule has 1 unspecified atom stereocenters. The average molecular weight is 314 g/mol. The van der Waals surface area contributed by atoms with Crippen LogP contribution in [0, 0.1) is 0 Å². The zero-order chi connectivity index (χ0) is 16.3. The Morgan fingerprint density at radius 2 is 2.00 bits per heavy atom. The molecule has 0 aromatic heterocycles. The summed E-state index contributed by atoms with van der Waals surface area (Å²) in [6, 6.07) is 6.09. The van der Waals surface area contributed by atoms with Crippen LogP contribution < -0.4 is 10.5 Å². The number of carbonyl (C=O) groups excluding carboxylic acids is 1. The van der Waals surface area contributed by atoms with Crippen LogP contribution in [-0.2, 0) is 19.6 Å². The Hall–Kier alpha value is -1.44. The van der Waals surface area contributed by atoms with Crippen LogP contribution in [0.5, 0.6) is 0 Å². The van der Waals surface area contributed by atoms with Crippen molar-refractivity contribution >= 4 is 16.0 Å². The quantitative estimate of drug-likeness (QED) is 0.799. The monoisotopic (exact) mass is 314 g/mol. The van der Waals surface area contributed by atoms with Gasteiger partial charge in [0.15, 0.2) is 0 Å². The van der Waals surface area contributed by atoms with Gasteiger partial charge in [0.25, 0.3) is 0 Å². The third kappa shape index (κ3) is 6.24. The molecule has 0 saturated carbocycles. The Bertz CT molecular complexity index is 606. The van der Waals surface area contributed by atoms with Gasteiger partial charge in [-0.15, -0.1) is 0 Å². The Kier molecular flexibility index (Phi) is 5.49. The van der Waals surface area contributed by atoms with Gasteiger partial charge in [-0.2, -0.15) is 0 Å². The maximum Gasteiger partial charge on any atom is 0.320 e. The van der Waals surface area contributed by atoms with Crippen molar-refractivity contribution < 1.29 is 17.9 Å². The molecule has 1 aromatic carbocycles. The van der Waals surface area contributed by atoms with E-state index in [1.165, 1.54) is 12.1 Å². The van der Waals surface area contributed by atoms with Gasteiger partial charge in [0.1, 0.15) is 5.60 Å². The number of esters is 1. The zero-order valence-corrected chi connectivity index (χ0v) is 13.5. The van der Waals surface area contributed by atoms with E-state index >= 15 is 0 Å². The molecule has 1 aromatic rings. The summed E-state index contributed by atoms with van der Waals surface area (Å²) in [7, 11) is -3.73. The highest BCUT2D eigenvalue weighted by molar-refractivity contribution is 7.89. The standard InChI is InChI=1S/C14H22N2O4S/c1-10(16-9-13(17)20-14(2,3)4)11-6-5-7-12(8-11)21(15,18)19/h5-8,10,16H,9H2,1-4H3,(H2,15,18,19). The van der Waals surface area contributed by atoms with Crippen LogP contribution in [-0.4, -0.2) is 26.5 Å². The number of rotatable bonds is 5. The van der Waals surface area contributed by atoms with Crippen molar-refractivity contribution in [2.75, 3.05) is 6.54 Å². The van der Waals surface area contributed by atoms with Crippen molar-refractivity contribution in [2.24, 2.45) is 5.14 Å². The molecule has 1 rings (SSSR count). The molecule has 0 radical (unpaired) electrons. The summed E-state index contributed by atoms with van der Waals surface area (Å²) in [4.78, 5) is 11.7. The number of benzene rings is 1. The highest BCUT2D eigenvalue weighted by Crippen LogP contribution is 2.16. The first kappa shape index (κ1) is 17.6. The molecular formula is C14H22N2O4S. The first-order valence-corrected chi connectivity index (χ1v) is 8.12. The van der Waals surface area contributed by atoms with Crippen LogP contribution >= 0.6 is 0 Å². The summed E-state index contributed by atoms with van der Waals surface area (Å²) in [5, 5.41) is 8.08. The predicted octanol–water partition coefficient (Wildman–Crippen LogP) is 1.33. The van der Waals surface area contributed by atoms with E-state index in [0.717, 1.165) is 5.56 Å². The van der Waals surface area contributed by atoms with Crippen molar-refractivity contribution in [1.29, 1.82) is 0 Å². The third-order valence-corrected chi connectivity index (χ3v) is 3.57. The largest absolute Gasteiger partial charge is 0.459 e. The molecule has 118 valence electrons. The first-order chi connectivity index (χ1) is 9.49. The molecular weight excluding hydrogens is 292 g/mol. The second kappa shape index (κ2) is 6.55. The second-order valence-corrected chi connectivity index (χ2v) is 7.37. The number of hydrogen-bond acceptors (Lipinski definition) is 5.